The molecule has 0 bridgehead atoms. The fourth-order valence-electron chi connectivity index (χ4n) is 2.88. The number of hydrogen-bond acceptors (Lipinski definition) is 3. The fraction of sp³-hybridized carbons (Fsp3) is 0.188. The van der Waals surface area contributed by atoms with Crippen LogP contribution in [0, 0.1) is 0 Å². The van der Waals surface area contributed by atoms with E-state index in [1.54, 1.807) is 0 Å². The van der Waals surface area contributed by atoms with Crippen LogP contribution in [-0.2, 0) is 13.0 Å². The Labute approximate surface area is 117 Å². The zero-order chi connectivity index (χ0) is 13.5. The van der Waals surface area contributed by atoms with E-state index in [1.165, 1.54) is 11.1 Å². The number of nitrogens with zero attached hydrogens (tertiary/aromatic N) is 2. The minimum Gasteiger partial charge on any atom is -0.398 e. The van der Waals surface area contributed by atoms with Gasteiger partial charge in [0.2, 0.25) is 5.95 Å². The Bertz CT molecular complexity index is 742. The van der Waals surface area contributed by atoms with E-state index in [-0.39, 0.29) is 0 Å². The van der Waals surface area contributed by atoms with Crippen molar-refractivity contribution in [2.45, 2.75) is 13.0 Å². The molecule has 1 aromatic heterocycles. The number of hydrogen-bond donors (Lipinski definition) is 2. The Morgan fingerprint density at radius 1 is 1.10 bits per heavy atom. The van der Waals surface area contributed by atoms with Crippen LogP contribution in [0.3, 0.4) is 0 Å². The zero-order valence-corrected chi connectivity index (χ0v) is 11.1. The number of H-pyrrole nitrogens is 1. The van der Waals surface area contributed by atoms with Crippen molar-refractivity contribution in [3.8, 4) is 0 Å². The highest BCUT2D eigenvalue weighted by molar-refractivity contribution is 5.77. The smallest absolute Gasteiger partial charge is 0.204 e. The van der Waals surface area contributed by atoms with Gasteiger partial charge in [0.25, 0.3) is 0 Å². The number of aromatic amines is 1. The molecule has 0 spiro atoms. The molecule has 100 valence electrons. The molecular formula is C16H16N4. The highest BCUT2D eigenvalue weighted by Crippen LogP contribution is 2.27. The maximum Gasteiger partial charge on any atom is 0.204 e. The van der Waals surface area contributed by atoms with Gasteiger partial charge < -0.3 is 15.6 Å². The molecule has 0 fully saturated rings. The lowest BCUT2D eigenvalue weighted by atomic mass is 9.98. The first-order chi connectivity index (χ1) is 9.81. The number of fused-ring (bicyclic) bond motifs is 2. The van der Waals surface area contributed by atoms with E-state index in [2.05, 4.69) is 27.0 Å². The summed E-state index contributed by atoms with van der Waals surface area (Å²) in [7, 11) is 0. The van der Waals surface area contributed by atoms with E-state index < -0.39 is 0 Å². The largest absolute Gasteiger partial charge is 0.398 e. The molecule has 0 radical (unpaired) electrons. The van der Waals surface area contributed by atoms with Gasteiger partial charge in [0.15, 0.2) is 0 Å². The van der Waals surface area contributed by atoms with Crippen molar-refractivity contribution in [1.82, 2.24) is 9.97 Å². The molecule has 1 aliphatic heterocycles. The monoisotopic (exact) mass is 264 g/mol. The van der Waals surface area contributed by atoms with Crippen molar-refractivity contribution in [3.63, 3.8) is 0 Å². The lowest BCUT2D eigenvalue weighted by molar-refractivity contribution is 0.716. The predicted octanol–water partition coefficient (Wildman–Crippen LogP) is 2.71. The summed E-state index contributed by atoms with van der Waals surface area (Å²) in [6.07, 6.45) is 1.01. The molecule has 0 amide bonds. The van der Waals surface area contributed by atoms with E-state index in [9.17, 15) is 0 Å². The lowest BCUT2D eigenvalue weighted by Gasteiger charge is -2.29. The SMILES string of the molecule is Nc1cccc2c1CN(c1nc3ccccc3[nH]1)CC2. The number of benzene rings is 2. The van der Waals surface area contributed by atoms with E-state index in [0.29, 0.717) is 0 Å². The van der Waals surface area contributed by atoms with Gasteiger partial charge in [-0.3, -0.25) is 0 Å². The van der Waals surface area contributed by atoms with Gasteiger partial charge in [-0.1, -0.05) is 24.3 Å². The molecule has 0 atom stereocenters. The summed E-state index contributed by atoms with van der Waals surface area (Å²) in [5, 5.41) is 0. The minimum atomic E-state index is 0.821. The number of para-hydroxylation sites is 2. The van der Waals surface area contributed by atoms with Crippen molar-refractivity contribution in [2.24, 2.45) is 0 Å². The number of imidazole rings is 1. The van der Waals surface area contributed by atoms with Gasteiger partial charge in [-0.05, 0) is 35.7 Å². The summed E-state index contributed by atoms with van der Waals surface area (Å²) in [6.45, 7) is 1.79. The number of nitrogens with one attached hydrogen (secondary N) is 1. The second-order valence-electron chi connectivity index (χ2n) is 5.23. The number of aromatic nitrogens is 2. The Kier molecular flexibility index (Phi) is 2.42. The Morgan fingerprint density at radius 3 is 2.90 bits per heavy atom. The van der Waals surface area contributed by atoms with Gasteiger partial charge in [-0.2, -0.15) is 0 Å². The van der Waals surface area contributed by atoms with Gasteiger partial charge >= 0.3 is 0 Å². The average Bonchev–Trinajstić information content (AvgIpc) is 2.91. The van der Waals surface area contributed by atoms with Crippen molar-refractivity contribution < 1.29 is 0 Å². The van der Waals surface area contributed by atoms with E-state index in [1.807, 2.05) is 30.3 Å². The molecule has 3 aromatic rings. The highest BCUT2D eigenvalue weighted by atomic mass is 15.3. The molecule has 0 aliphatic carbocycles. The standard InChI is InChI=1S/C16H16N4/c17-13-5-3-4-11-8-9-20(10-12(11)13)16-18-14-6-1-2-7-15(14)19-16/h1-7H,8-10,17H2,(H,18,19). The molecule has 2 heterocycles. The van der Waals surface area contributed by atoms with Crippen LogP contribution >= 0.6 is 0 Å². The molecule has 4 heteroatoms. The Hall–Kier alpha value is -2.49. The van der Waals surface area contributed by atoms with Crippen molar-refractivity contribution >= 4 is 22.7 Å². The second-order valence-corrected chi connectivity index (χ2v) is 5.23. The summed E-state index contributed by atoms with van der Waals surface area (Å²) in [4.78, 5) is 10.3. The number of nitrogens with two attached hydrogens (primary N) is 1. The van der Waals surface area contributed by atoms with Crippen molar-refractivity contribution in [3.05, 3.63) is 53.6 Å². The summed E-state index contributed by atoms with van der Waals surface area (Å²) in [5.41, 5.74) is 11.7. The van der Waals surface area contributed by atoms with Gasteiger partial charge in [0, 0.05) is 18.8 Å². The normalized spacial score (nSPS) is 14.5. The van der Waals surface area contributed by atoms with Crippen LogP contribution in [0.2, 0.25) is 0 Å². The first kappa shape index (κ1) is 11.3. The minimum absolute atomic E-state index is 0.821. The van der Waals surface area contributed by atoms with Crippen LogP contribution in [0.4, 0.5) is 11.6 Å². The third kappa shape index (κ3) is 1.72. The van der Waals surface area contributed by atoms with Gasteiger partial charge in [0.1, 0.15) is 0 Å². The Morgan fingerprint density at radius 2 is 2.00 bits per heavy atom. The van der Waals surface area contributed by atoms with E-state index in [4.69, 9.17) is 5.73 Å². The molecule has 4 nitrogen and oxygen atoms in total. The summed E-state index contributed by atoms with van der Waals surface area (Å²) < 4.78 is 0. The number of nitrogen functional groups attached to an aromatic ring is 1. The summed E-state index contributed by atoms with van der Waals surface area (Å²) >= 11 is 0. The number of rotatable bonds is 1. The molecule has 2 aromatic carbocycles. The van der Waals surface area contributed by atoms with Crippen molar-refractivity contribution in [1.29, 1.82) is 0 Å². The third-order valence-corrected chi connectivity index (χ3v) is 3.99. The molecule has 1 aliphatic rings. The first-order valence-corrected chi connectivity index (χ1v) is 6.87. The van der Waals surface area contributed by atoms with Crippen LogP contribution < -0.4 is 10.6 Å². The van der Waals surface area contributed by atoms with Crippen molar-refractivity contribution in [2.75, 3.05) is 17.2 Å². The molecule has 0 saturated heterocycles. The number of anilines is 2. The quantitative estimate of drug-likeness (QED) is 0.664. The van der Waals surface area contributed by atoms with Gasteiger partial charge in [-0.25, -0.2) is 4.98 Å². The molecule has 3 N–H and O–H groups in total. The van der Waals surface area contributed by atoms with Crippen LogP contribution in [0.25, 0.3) is 11.0 Å². The predicted molar refractivity (Wildman–Crippen MR) is 81.7 cm³/mol. The van der Waals surface area contributed by atoms with Crippen LogP contribution in [0.15, 0.2) is 42.5 Å². The first-order valence-electron chi connectivity index (χ1n) is 6.87. The maximum atomic E-state index is 6.10. The average molecular weight is 264 g/mol. The molecule has 20 heavy (non-hydrogen) atoms. The van der Waals surface area contributed by atoms with Gasteiger partial charge in [0.05, 0.1) is 11.0 Å². The summed E-state index contributed by atoms with van der Waals surface area (Å²) in [6, 6.07) is 14.3. The van der Waals surface area contributed by atoms with E-state index in [0.717, 1.165) is 42.2 Å². The second kappa shape index (κ2) is 4.27. The van der Waals surface area contributed by atoms with Crippen LogP contribution in [-0.4, -0.2) is 16.5 Å². The van der Waals surface area contributed by atoms with Gasteiger partial charge in [-0.15, -0.1) is 0 Å². The molecular weight excluding hydrogens is 248 g/mol. The highest BCUT2D eigenvalue weighted by Gasteiger charge is 2.20. The van der Waals surface area contributed by atoms with Crippen LogP contribution in [0.1, 0.15) is 11.1 Å². The third-order valence-electron chi connectivity index (χ3n) is 3.99. The fourth-order valence-corrected chi connectivity index (χ4v) is 2.88. The lowest BCUT2D eigenvalue weighted by Crippen LogP contribution is -2.31. The molecule has 0 unspecified atom stereocenters. The summed E-state index contributed by atoms with van der Waals surface area (Å²) in [5.74, 6) is 0.931. The maximum absolute atomic E-state index is 6.10. The Balaban J connectivity index is 1.72. The zero-order valence-electron chi connectivity index (χ0n) is 11.1. The van der Waals surface area contributed by atoms with E-state index >= 15 is 0 Å². The topological polar surface area (TPSA) is 57.9 Å². The molecule has 4 rings (SSSR count). The van der Waals surface area contributed by atoms with Crippen LogP contribution in [0.5, 0.6) is 0 Å². The molecule has 0 saturated carbocycles.